The maximum absolute atomic E-state index is 10.7. The Morgan fingerprint density at radius 3 is 2.82 bits per heavy atom. The predicted molar refractivity (Wildman–Crippen MR) is 62.5 cm³/mol. The van der Waals surface area contributed by atoms with E-state index in [-0.39, 0.29) is 17.9 Å². The van der Waals surface area contributed by atoms with E-state index >= 15 is 0 Å². The standard InChI is InChI=1S/C11H12N2O4/c1-17-10-6-5-8(3-2-4-11(12)14)7-9(10)13(15)16/h2-3,5-7H,4H2,1H3,(H2,12,14). The summed E-state index contributed by atoms with van der Waals surface area (Å²) < 4.78 is 4.86. The summed E-state index contributed by atoms with van der Waals surface area (Å²) in [6.07, 6.45) is 3.24. The molecule has 0 aliphatic heterocycles. The number of nitrogens with two attached hydrogens (primary N) is 1. The molecule has 0 bridgehead atoms. The molecule has 0 saturated heterocycles. The quantitative estimate of drug-likeness (QED) is 0.618. The molecule has 0 heterocycles. The van der Waals surface area contributed by atoms with Crippen molar-refractivity contribution in [2.75, 3.05) is 7.11 Å². The largest absolute Gasteiger partial charge is 0.490 e. The average Bonchev–Trinajstić information content (AvgIpc) is 2.28. The van der Waals surface area contributed by atoms with E-state index in [2.05, 4.69) is 0 Å². The first-order chi connectivity index (χ1) is 8.04. The molecule has 0 spiro atoms. The molecule has 17 heavy (non-hydrogen) atoms. The van der Waals surface area contributed by atoms with E-state index in [1.54, 1.807) is 18.2 Å². The Labute approximate surface area is 97.8 Å². The zero-order valence-corrected chi connectivity index (χ0v) is 9.25. The van der Waals surface area contributed by atoms with E-state index in [1.807, 2.05) is 0 Å². The van der Waals surface area contributed by atoms with E-state index < -0.39 is 10.8 Å². The van der Waals surface area contributed by atoms with E-state index in [0.717, 1.165) is 0 Å². The van der Waals surface area contributed by atoms with Crippen LogP contribution in [0.2, 0.25) is 0 Å². The highest BCUT2D eigenvalue weighted by Crippen LogP contribution is 2.27. The fourth-order valence-corrected chi connectivity index (χ4v) is 1.26. The number of ether oxygens (including phenoxy) is 1. The van der Waals surface area contributed by atoms with Crippen molar-refractivity contribution < 1.29 is 14.5 Å². The van der Waals surface area contributed by atoms with Gasteiger partial charge in [0.25, 0.3) is 0 Å². The minimum Gasteiger partial charge on any atom is -0.490 e. The van der Waals surface area contributed by atoms with E-state index in [9.17, 15) is 14.9 Å². The van der Waals surface area contributed by atoms with E-state index in [1.165, 1.54) is 19.2 Å². The Balaban J connectivity index is 2.96. The number of carbonyl (C=O) groups is 1. The highest BCUT2D eigenvalue weighted by Gasteiger charge is 2.13. The van der Waals surface area contributed by atoms with Crippen molar-refractivity contribution in [3.63, 3.8) is 0 Å². The molecule has 90 valence electrons. The number of nitrogens with zero attached hydrogens (tertiary/aromatic N) is 1. The van der Waals surface area contributed by atoms with Crippen LogP contribution in [0.4, 0.5) is 5.69 Å². The van der Waals surface area contributed by atoms with Gasteiger partial charge in [-0.15, -0.1) is 0 Å². The molecule has 6 heteroatoms. The normalized spacial score (nSPS) is 10.4. The molecule has 0 aromatic heterocycles. The van der Waals surface area contributed by atoms with Gasteiger partial charge in [0, 0.05) is 12.5 Å². The van der Waals surface area contributed by atoms with Crippen molar-refractivity contribution in [2.24, 2.45) is 5.73 Å². The molecule has 0 atom stereocenters. The third-order valence-corrected chi connectivity index (χ3v) is 2.03. The van der Waals surface area contributed by atoms with Crippen LogP contribution in [0.25, 0.3) is 6.08 Å². The van der Waals surface area contributed by atoms with Gasteiger partial charge in [-0.3, -0.25) is 14.9 Å². The molecule has 6 nitrogen and oxygen atoms in total. The van der Waals surface area contributed by atoms with Crippen LogP contribution in [0.3, 0.4) is 0 Å². The lowest BCUT2D eigenvalue weighted by Gasteiger charge is -2.01. The van der Waals surface area contributed by atoms with Crippen LogP contribution < -0.4 is 10.5 Å². The third kappa shape index (κ3) is 3.60. The molecule has 0 radical (unpaired) electrons. The molecule has 0 aliphatic carbocycles. The smallest absolute Gasteiger partial charge is 0.311 e. The Hall–Kier alpha value is -2.37. The van der Waals surface area contributed by atoms with Gasteiger partial charge in [0.05, 0.1) is 12.0 Å². The summed E-state index contributed by atoms with van der Waals surface area (Å²) in [6, 6.07) is 4.53. The van der Waals surface area contributed by atoms with Gasteiger partial charge in [0.15, 0.2) is 5.75 Å². The van der Waals surface area contributed by atoms with Crippen LogP contribution in [-0.4, -0.2) is 17.9 Å². The Morgan fingerprint density at radius 1 is 1.59 bits per heavy atom. The predicted octanol–water partition coefficient (Wildman–Crippen LogP) is 1.49. The molecule has 1 amide bonds. The molecule has 0 fully saturated rings. The van der Waals surface area contributed by atoms with Crippen LogP contribution in [0.5, 0.6) is 5.75 Å². The van der Waals surface area contributed by atoms with Crippen LogP contribution in [0.1, 0.15) is 12.0 Å². The number of hydrogen-bond donors (Lipinski definition) is 1. The summed E-state index contributed by atoms with van der Waals surface area (Å²) in [4.78, 5) is 20.7. The maximum atomic E-state index is 10.7. The lowest BCUT2D eigenvalue weighted by Crippen LogP contribution is -2.07. The topological polar surface area (TPSA) is 95.5 Å². The second-order valence-electron chi connectivity index (χ2n) is 3.26. The van der Waals surface area contributed by atoms with Gasteiger partial charge in [-0.1, -0.05) is 18.2 Å². The summed E-state index contributed by atoms with van der Waals surface area (Å²) in [5, 5.41) is 10.7. The molecule has 0 unspecified atom stereocenters. The maximum Gasteiger partial charge on any atom is 0.311 e. The minimum atomic E-state index is -0.524. The Morgan fingerprint density at radius 2 is 2.29 bits per heavy atom. The van der Waals surface area contributed by atoms with Gasteiger partial charge >= 0.3 is 5.69 Å². The summed E-state index contributed by atoms with van der Waals surface area (Å²) in [6.45, 7) is 0. The number of carbonyl (C=O) groups excluding carboxylic acids is 1. The third-order valence-electron chi connectivity index (χ3n) is 2.03. The first-order valence-electron chi connectivity index (χ1n) is 4.82. The van der Waals surface area contributed by atoms with Crippen LogP contribution >= 0.6 is 0 Å². The lowest BCUT2D eigenvalue weighted by atomic mass is 10.1. The van der Waals surface area contributed by atoms with Crippen molar-refractivity contribution in [3.8, 4) is 5.75 Å². The highest BCUT2D eigenvalue weighted by molar-refractivity contribution is 5.76. The number of nitro benzene ring substituents is 1. The first-order valence-corrected chi connectivity index (χ1v) is 4.82. The Bertz CT molecular complexity index is 469. The van der Waals surface area contributed by atoms with Gasteiger partial charge in [-0.05, 0) is 11.6 Å². The van der Waals surface area contributed by atoms with Crippen molar-refractivity contribution in [1.29, 1.82) is 0 Å². The monoisotopic (exact) mass is 236 g/mol. The van der Waals surface area contributed by atoms with Crippen LogP contribution in [0.15, 0.2) is 24.3 Å². The number of primary amides is 1. The molecule has 0 aliphatic rings. The fraction of sp³-hybridized carbons (Fsp3) is 0.182. The summed E-state index contributed by atoms with van der Waals surface area (Å²) in [5.41, 5.74) is 5.45. The number of nitro groups is 1. The summed E-state index contributed by atoms with van der Waals surface area (Å²) >= 11 is 0. The molecule has 1 rings (SSSR count). The summed E-state index contributed by atoms with van der Waals surface area (Å²) in [7, 11) is 1.37. The van der Waals surface area contributed by atoms with Crippen LogP contribution in [0, 0.1) is 10.1 Å². The number of hydrogen-bond acceptors (Lipinski definition) is 4. The molecular weight excluding hydrogens is 224 g/mol. The Kier molecular flexibility index (Phi) is 4.21. The number of amides is 1. The SMILES string of the molecule is COc1ccc(C=CCC(N)=O)cc1[N+](=O)[O-]. The lowest BCUT2D eigenvalue weighted by molar-refractivity contribution is -0.385. The van der Waals surface area contributed by atoms with Gasteiger partial charge in [0.1, 0.15) is 0 Å². The number of rotatable bonds is 5. The van der Waals surface area contributed by atoms with Gasteiger partial charge in [0.2, 0.25) is 5.91 Å². The molecular formula is C11H12N2O4. The molecule has 1 aromatic carbocycles. The van der Waals surface area contributed by atoms with Gasteiger partial charge < -0.3 is 10.5 Å². The molecule has 1 aromatic rings. The van der Waals surface area contributed by atoms with Crippen molar-refractivity contribution in [2.45, 2.75) is 6.42 Å². The van der Waals surface area contributed by atoms with Crippen molar-refractivity contribution in [1.82, 2.24) is 0 Å². The summed E-state index contributed by atoms with van der Waals surface area (Å²) in [5.74, 6) is -0.258. The number of methoxy groups -OCH3 is 1. The molecule has 0 saturated carbocycles. The number of benzene rings is 1. The first kappa shape index (κ1) is 12.7. The fourth-order valence-electron chi connectivity index (χ4n) is 1.26. The van der Waals surface area contributed by atoms with E-state index in [0.29, 0.717) is 5.56 Å². The van der Waals surface area contributed by atoms with Crippen LogP contribution in [-0.2, 0) is 4.79 Å². The van der Waals surface area contributed by atoms with E-state index in [4.69, 9.17) is 10.5 Å². The molecule has 2 N–H and O–H groups in total. The highest BCUT2D eigenvalue weighted by atomic mass is 16.6. The second kappa shape index (κ2) is 5.64. The zero-order valence-electron chi connectivity index (χ0n) is 9.25. The minimum absolute atomic E-state index is 0.0971. The van der Waals surface area contributed by atoms with Gasteiger partial charge in [-0.25, -0.2) is 0 Å². The van der Waals surface area contributed by atoms with Crippen molar-refractivity contribution >= 4 is 17.7 Å². The van der Waals surface area contributed by atoms with Crippen molar-refractivity contribution in [3.05, 3.63) is 40.0 Å². The van der Waals surface area contributed by atoms with Gasteiger partial charge in [-0.2, -0.15) is 0 Å². The second-order valence-corrected chi connectivity index (χ2v) is 3.26. The average molecular weight is 236 g/mol. The zero-order chi connectivity index (χ0) is 12.8.